The third-order valence-electron chi connectivity index (χ3n) is 4.03. The van der Waals surface area contributed by atoms with Crippen LogP contribution >= 0.6 is 0 Å². The molecule has 2 rings (SSSR count). The van der Waals surface area contributed by atoms with Crippen molar-refractivity contribution in [2.75, 3.05) is 7.11 Å². The van der Waals surface area contributed by atoms with Crippen LogP contribution in [0.2, 0.25) is 0 Å². The first-order valence-electron chi connectivity index (χ1n) is 6.87. The van der Waals surface area contributed by atoms with E-state index in [1.807, 2.05) is 13.0 Å². The number of esters is 1. The molecule has 108 valence electrons. The topological polar surface area (TPSA) is 63.6 Å². The summed E-state index contributed by atoms with van der Waals surface area (Å²) >= 11 is 0. The number of ether oxygens (including phenoxy) is 1. The molecular formula is C16H20O4. The van der Waals surface area contributed by atoms with E-state index in [1.54, 1.807) is 12.1 Å². The van der Waals surface area contributed by atoms with E-state index in [-0.39, 0.29) is 29.3 Å². The van der Waals surface area contributed by atoms with Crippen LogP contribution < -0.4 is 0 Å². The van der Waals surface area contributed by atoms with Gasteiger partial charge in [0.15, 0.2) is 5.78 Å². The molecule has 1 fully saturated rings. The van der Waals surface area contributed by atoms with E-state index in [9.17, 15) is 14.7 Å². The van der Waals surface area contributed by atoms with Crippen molar-refractivity contribution < 1.29 is 19.4 Å². The van der Waals surface area contributed by atoms with Crippen LogP contribution in [0.25, 0.3) is 0 Å². The number of ketones is 1. The summed E-state index contributed by atoms with van der Waals surface area (Å²) in [5.74, 6) is -0.191. The molecule has 2 atom stereocenters. The summed E-state index contributed by atoms with van der Waals surface area (Å²) in [5, 5.41) is 9.95. The standard InChI is InChI=1S/C16H20O4/c1-9(16(19)20-3)15(11-4-5-11)12-6-7-13(10(2)17)14(18)8-12/h6-9,11,15,18H,4-5H2,1-3H3. The number of carbonyl (C=O) groups excluding carboxylic acids is 2. The van der Waals surface area contributed by atoms with Gasteiger partial charge in [-0.1, -0.05) is 13.0 Å². The highest BCUT2D eigenvalue weighted by molar-refractivity contribution is 5.96. The fourth-order valence-corrected chi connectivity index (χ4v) is 2.81. The number of phenols is 1. The minimum absolute atomic E-state index is 0.0160. The predicted molar refractivity (Wildman–Crippen MR) is 74.8 cm³/mol. The Labute approximate surface area is 118 Å². The number of carbonyl (C=O) groups is 2. The second-order valence-corrected chi connectivity index (χ2v) is 5.51. The highest BCUT2D eigenvalue weighted by atomic mass is 16.5. The first-order chi connectivity index (χ1) is 9.45. The first kappa shape index (κ1) is 14.6. The molecule has 1 aromatic rings. The van der Waals surface area contributed by atoms with Crippen LogP contribution in [0.3, 0.4) is 0 Å². The van der Waals surface area contributed by atoms with Gasteiger partial charge in [-0.2, -0.15) is 0 Å². The van der Waals surface area contributed by atoms with Crippen molar-refractivity contribution in [3.05, 3.63) is 29.3 Å². The highest BCUT2D eigenvalue weighted by Gasteiger charge is 2.39. The van der Waals surface area contributed by atoms with Crippen LogP contribution in [-0.4, -0.2) is 24.0 Å². The maximum Gasteiger partial charge on any atom is 0.309 e. The summed E-state index contributed by atoms with van der Waals surface area (Å²) in [6.07, 6.45) is 2.17. The molecule has 1 aromatic carbocycles. The lowest BCUT2D eigenvalue weighted by Crippen LogP contribution is -2.22. The molecule has 0 saturated heterocycles. The van der Waals surface area contributed by atoms with Crippen molar-refractivity contribution in [1.82, 2.24) is 0 Å². The summed E-state index contributed by atoms with van der Waals surface area (Å²) in [4.78, 5) is 23.1. The van der Waals surface area contributed by atoms with Crippen LogP contribution in [0, 0.1) is 11.8 Å². The number of Topliss-reactive ketones (excluding diaryl/α,β-unsaturated/α-hetero) is 1. The number of rotatable bonds is 5. The molecule has 0 aliphatic heterocycles. The third-order valence-corrected chi connectivity index (χ3v) is 4.03. The van der Waals surface area contributed by atoms with Crippen LogP contribution in [0.4, 0.5) is 0 Å². The van der Waals surface area contributed by atoms with Gasteiger partial charge in [0.1, 0.15) is 5.75 Å². The van der Waals surface area contributed by atoms with Gasteiger partial charge in [0, 0.05) is 0 Å². The monoisotopic (exact) mass is 276 g/mol. The number of benzene rings is 1. The number of phenolic OH excluding ortho intramolecular Hbond substituents is 1. The molecule has 0 amide bonds. The van der Waals surface area contributed by atoms with E-state index in [1.165, 1.54) is 14.0 Å². The van der Waals surface area contributed by atoms with Crippen molar-refractivity contribution >= 4 is 11.8 Å². The molecule has 1 saturated carbocycles. The van der Waals surface area contributed by atoms with Crippen molar-refractivity contribution in [2.24, 2.45) is 11.8 Å². The SMILES string of the molecule is COC(=O)C(C)C(c1ccc(C(C)=O)c(O)c1)C1CC1. The second-order valence-electron chi connectivity index (χ2n) is 5.51. The summed E-state index contributed by atoms with van der Waals surface area (Å²) in [7, 11) is 1.39. The van der Waals surface area contributed by atoms with Crippen LogP contribution in [0.15, 0.2) is 18.2 Å². The van der Waals surface area contributed by atoms with Crippen LogP contribution in [-0.2, 0) is 9.53 Å². The fourth-order valence-electron chi connectivity index (χ4n) is 2.81. The minimum Gasteiger partial charge on any atom is -0.507 e. The van der Waals surface area contributed by atoms with Gasteiger partial charge in [0.05, 0.1) is 18.6 Å². The number of hydrogen-bond donors (Lipinski definition) is 1. The average molecular weight is 276 g/mol. The molecule has 0 spiro atoms. The van der Waals surface area contributed by atoms with E-state index in [2.05, 4.69) is 0 Å². The Hall–Kier alpha value is -1.84. The van der Waals surface area contributed by atoms with Gasteiger partial charge in [-0.05, 0) is 49.3 Å². The van der Waals surface area contributed by atoms with Gasteiger partial charge >= 0.3 is 5.97 Å². The van der Waals surface area contributed by atoms with Crippen molar-refractivity contribution in [3.8, 4) is 5.75 Å². The molecule has 0 radical (unpaired) electrons. The highest BCUT2D eigenvalue weighted by Crippen LogP contribution is 2.47. The predicted octanol–water partition coefficient (Wildman–Crippen LogP) is 2.90. The summed E-state index contributed by atoms with van der Waals surface area (Å²) in [5.41, 5.74) is 1.21. The molecule has 4 heteroatoms. The maximum absolute atomic E-state index is 11.8. The molecule has 0 aromatic heterocycles. The Morgan fingerprint density at radius 1 is 1.35 bits per heavy atom. The van der Waals surface area contributed by atoms with Gasteiger partial charge in [0.2, 0.25) is 0 Å². The lowest BCUT2D eigenvalue weighted by atomic mass is 9.82. The second kappa shape index (κ2) is 5.65. The molecule has 4 nitrogen and oxygen atoms in total. The Morgan fingerprint density at radius 2 is 2.00 bits per heavy atom. The van der Waals surface area contributed by atoms with Gasteiger partial charge in [-0.15, -0.1) is 0 Å². The smallest absolute Gasteiger partial charge is 0.309 e. The third kappa shape index (κ3) is 2.84. The Bertz CT molecular complexity index is 531. The van der Waals surface area contributed by atoms with E-state index >= 15 is 0 Å². The van der Waals surface area contributed by atoms with E-state index < -0.39 is 0 Å². The zero-order chi connectivity index (χ0) is 14.9. The molecule has 1 N–H and O–H groups in total. The Balaban J connectivity index is 2.33. The molecule has 1 aliphatic rings. The van der Waals surface area contributed by atoms with E-state index in [0.29, 0.717) is 11.5 Å². The molecule has 20 heavy (non-hydrogen) atoms. The molecule has 0 bridgehead atoms. The largest absolute Gasteiger partial charge is 0.507 e. The summed E-state index contributed by atoms with van der Waals surface area (Å²) in [6.45, 7) is 3.27. The Kier molecular flexibility index (Phi) is 4.12. The number of hydrogen-bond acceptors (Lipinski definition) is 4. The van der Waals surface area contributed by atoms with E-state index in [4.69, 9.17) is 4.74 Å². The lowest BCUT2D eigenvalue weighted by Gasteiger charge is -2.23. The lowest BCUT2D eigenvalue weighted by molar-refractivity contribution is -0.145. The Morgan fingerprint density at radius 3 is 2.45 bits per heavy atom. The van der Waals surface area contributed by atoms with Crippen molar-refractivity contribution in [3.63, 3.8) is 0 Å². The number of methoxy groups -OCH3 is 1. The number of aromatic hydroxyl groups is 1. The first-order valence-corrected chi connectivity index (χ1v) is 6.87. The van der Waals surface area contributed by atoms with Gasteiger partial charge < -0.3 is 9.84 Å². The molecular weight excluding hydrogens is 256 g/mol. The van der Waals surface area contributed by atoms with Crippen LogP contribution in [0.1, 0.15) is 48.5 Å². The minimum atomic E-state index is -0.255. The molecule has 1 aliphatic carbocycles. The van der Waals surface area contributed by atoms with Crippen molar-refractivity contribution in [2.45, 2.75) is 32.6 Å². The fraction of sp³-hybridized carbons (Fsp3) is 0.500. The molecule has 0 heterocycles. The van der Waals surface area contributed by atoms with Crippen LogP contribution in [0.5, 0.6) is 5.75 Å². The zero-order valence-electron chi connectivity index (χ0n) is 12.1. The zero-order valence-corrected chi connectivity index (χ0v) is 12.1. The summed E-state index contributed by atoms with van der Waals surface area (Å²) in [6, 6.07) is 5.07. The maximum atomic E-state index is 11.8. The van der Waals surface area contributed by atoms with Gasteiger partial charge in [0.25, 0.3) is 0 Å². The summed E-state index contributed by atoms with van der Waals surface area (Å²) < 4.78 is 4.83. The van der Waals surface area contributed by atoms with Gasteiger partial charge in [-0.25, -0.2) is 0 Å². The van der Waals surface area contributed by atoms with Gasteiger partial charge in [-0.3, -0.25) is 9.59 Å². The average Bonchev–Trinajstić information content (AvgIpc) is 3.22. The van der Waals surface area contributed by atoms with E-state index in [0.717, 1.165) is 18.4 Å². The normalized spacial score (nSPS) is 17.4. The molecule has 2 unspecified atom stereocenters. The quantitative estimate of drug-likeness (QED) is 0.663. The van der Waals surface area contributed by atoms with Crippen molar-refractivity contribution in [1.29, 1.82) is 0 Å².